The quantitative estimate of drug-likeness (QED) is 0.894. The van der Waals surface area contributed by atoms with E-state index in [0.29, 0.717) is 11.5 Å². The molecule has 6 heteroatoms. The Morgan fingerprint density at radius 2 is 2.19 bits per heavy atom. The fraction of sp³-hybridized carbons (Fsp3) is 0.400. The van der Waals surface area contributed by atoms with Crippen LogP contribution < -0.4 is 11.1 Å². The zero-order valence-corrected chi connectivity index (χ0v) is 12.2. The molecular formula is C15H19N5O. The Balaban J connectivity index is 1.90. The molecule has 21 heavy (non-hydrogen) atoms. The third kappa shape index (κ3) is 2.54. The molecule has 6 nitrogen and oxygen atoms in total. The van der Waals surface area contributed by atoms with Crippen molar-refractivity contribution in [3.05, 3.63) is 36.5 Å². The van der Waals surface area contributed by atoms with Crippen LogP contribution in [0, 0.1) is 12.8 Å². The second-order valence-corrected chi connectivity index (χ2v) is 5.73. The Hall–Kier alpha value is -2.21. The average Bonchev–Trinajstić information content (AvgIpc) is 3.23. The zero-order valence-electron chi connectivity index (χ0n) is 12.2. The number of aryl methyl sites for hydroxylation is 1. The smallest absolute Gasteiger partial charge is 0.244 e. The lowest BCUT2D eigenvalue weighted by molar-refractivity contribution is -0.121. The standard InChI is InChI=1S/C15H19N5O/c1-10-17-8-9-20(10)13-12(4-3-7-18-13)19-14(21)15(2,16)11-5-6-11/h3-4,7-9,11H,5-6,16H2,1-2H3,(H,19,21). The predicted octanol–water partition coefficient (Wildman–Crippen LogP) is 1.64. The number of carbonyl (C=O) groups excluding carboxylic acids is 1. The second-order valence-electron chi connectivity index (χ2n) is 5.73. The summed E-state index contributed by atoms with van der Waals surface area (Å²) in [6.07, 6.45) is 7.23. The molecule has 1 aliphatic carbocycles. The van der Waals surface area contributed by atoms with Crippen LogP contribution in [0.15, 0.2) is 30.7 Å². The molecule has 1 fully saturated rings. The number of rotatable bonds is 4. The molecule has 1 saturated carbocycles. The normalized spacial score (nSPS) is 17.3. The molecule has 0 aliphatic heterocycles. The van der Waals surface area contributed by atoms with E-state index in [1.807, 2.05) is 23.8 Å². The van der Waals surface area contributed by atoms with Crippen molar-refractivity contribution in [2.24, 2.45) is 11.7 Å². The van der Waals surface area contributed by atoms with Crippen molar-refractivity contribution in [3.63, 3.8) is 0 Å². The van der Waals surface area contributed by atoms with Gasteiger partial charge in [-0.15, -0.1) is 0 Å². The molecule has 0 bridgehead atoms. The van der Waals surface area contributed by atoms with Gasteiger partial charge in [0.25, 0.3) is 0 Å². The molecule has 2 aromatic heterocycles. The van der Waals surface area contributed by atoms with Gasteiger partial charge in [-0.3, -0.25) is 9.36 Å². The number of imidazole rings is 1. The molecule has 2 aromatic rings. The van der Waals surface area contributed by atoms with Crippen LogP contribution in [-0.4, -0.2) is 26.0 Å². The van der Waals surface area contributed by atoms with Crippen molar-refractivity contribution in [2.45, 2.75) is 32.2 Å². The Morgan fingerprint density at radius 1 is 1.43 bits per heavy atom. The van der Waals surface area contributed by atoms with Gasteiger partial charge in [0.1, 0.15) is 5.82 Å². The van der Waals surface area contributed by atoms with E-state index in [1.165, 1.54) is 0 Å². The lowest BCUT2D eigenvalue weighted by Gasteiger charge is -2.23. The Labute approximate surface area is 123 Å². The van der Waals surface area contributed by atoms with Crippen LogP contribution >= 0.6 is 0 Å². The van der Waals surface area contributed by atoms with E-state index < -0.39 is 5.54 Å². The molecule has 1 unspecified atom stereocenters. The van der Waals surface area contributed by atoms with Crippen LogP contribution in [0.4, 0.5) is 5.69 Å². The molecule has 1 amide bonds. The molecule has 0 radical (unpaired) electrons. The molecular weight excluding hydrogens is 266 g/mol. The van der Waals surface area contributed by atoms with Crippen molar-refractivity contribution >= 4 is 11.6 Å². The van der Waals surface area contributed by atoms with Gasteiger partial charge in [0.05, 0.1) is 11.2 Å². The van der Waals surface area contributed by atoms with E-state index in [1.54, 1.807) is 25.4 Å². The van der Waals surface area contributed by atoms with Crippen LogP contribution in [-0.2, 0) is 4.79 Å². The molecule has 1 aliphatic rings. The molecule has 1 atom stereocenters. The van der Waals surface area contributed by atoms with Crippen molar-refractivity contribution in [2.75, 3.05) is 5.32 Å². The molecule has 0 saturated heterocycles. The van der Waals surface area contributed by atoms with Gasteiger partial charge in [0.2, 0.25) is 5.91 Å². The number of anilines is 1. The number of nitrogens with one attached hydrogen (secondary N) is 1. The average molecular weight is 285 g/mol. The Kier molecular flexibility index (Phi) is 3.25. The topological polar surface area (TPSA) is 85.8 Å². The highest BCUT2D eigenvalue weighted by Crippen LogP contribution is 2.38. The van der Waals surface area contributed by atoms with Crippen LogP contribution in [0.5, 0.6) is 0 Å². The lowest BCUT2D eigenvalue weighted by Crippen LogP contribution is -2.50. The van der Waals surface area contributed by atoms with Gasteiger partial charge in [-0.2, -0.15) is 0 Å². The fourth-order valence-corrected chi connectivity index (χ4v) is 2.41. The molecule has 0 spiro atoms. The summed E-state index contributed by atoms with van der Waals surface area (Å²) in [4.78, 5) is 21.0. The highest BCUT2D eigenvalue weighted by molar-refractivity contribution is 5.99. The SMILES string of the molecule is Cc1nccn1-c1ncccc1NC(=O)C(C)(N)C1CC1. The molecule has 110 valence electrons. The highest BCUT2D eigenvalue weighted by Gasteiger charge is 2.44. The summed E-state index contributed by atoms with van der Waals surface area (Å²) in [5.41, 5.74) is 5.96. The van der Waals surface area contributed by atoms with Crippen molar-refractivity contribution in [1.82, 2.24) is 14.5 Å². The number of amides is 1. The van der Waals surface area contributed by atoms with Crippen molar-refractivity contribution in [1.29, 1.82) is 0 Å². The monoisotopic (exact) mass is 285 g/mol. The van der Waals surface area contributed by atoms with Gasteiger partial charge in [0.15, 0.2) is 5.82 Å². The summed E-state index contributed by atoms with van der Waals surface area (Å²) in [6, 6.07) is 3.61. The number of pyridine rings is 1. The number of nitrogens with two attached hydrogens (primary N) is 1. The fourth-order valence-electron chi connectivity index (χ4n) is 2.41. The van der Waals surface area contributed by atoms with Gasteiger partial charge in [-0.25, -0.2) is 9.97 Å². The van der Waals surface area contributed by atoms with Gasteiger partial charge < -0.3 is 11.1 Å². The van der Waals surface area contributed by atoms with Gasteiger partial charge in [-0.1, -0.05) is 0 Å². The summed E-state index contributed by atoms with van der Waals surface area (Å²) in [5, 5.41) is 2.91. The lowest BCUT2D eigenvalue weighted by atomic mass is 9.96. The van der Waals surface area contributed by atoms with E-state index in [9.17, 15) is 4.79 Å². The third-order valence-electron chi connectivity index (χ3n) is 4.00. The van der Waals surface area contributed by atoms with Crippen LogP contribution in [0.3, 0.4) is 0 Å². The summed E-state index contributed by atoms with van der Waals surface area (Å²) >= 11 is 0. The number of hydrogen-bond acceptors (Lipinski definition) is 4. The van der Waals surface area contributed by atoms with Gasteiger partial charge >= 0.3 is 0 Å². The minimum Gasteiger partial charge on any atom is -0.321 e. The van der Waals surface area contributed by atoms with Crippen molar-refractivity contribution < 1.29 is 4.79 Å². The minimum atomic E-state index is -0.836. The first-order valence-electron chi connectivity index (χ1n) is 7.06. The minimum absolute atomic E-state index is 0.169. The first-order chi connectivity index (χ1) is 10.00. The summed E-state index contributed by atoms with van der Waals surface area (Å²) in [7, 11) is 0. The maximum Gasteiger partial charge on any atom is 0.244 e. The maximum atomic E-state index is 12.4. The first kappa shape index (κ1) is 13.8. The van der Waals surface area contributed by atoms with E-state index in [2.05, 4.69) is 15.3 Å². The molecule has 0 aromatic carbocycles. The summed E-state index contributed by atoms with van der Waals surface area (Å²) in [6.45, 7) is 3.68. The molecule has 2 heterocycles. The third-order valence-corrected chi connectivity index (χ3v) is 4.00. The van der Waals surface area contributed by atoms with Crippen molar-refractivity contribution in [3.8, 4) is 5.82 Å². The second kappa shape index (κ2) is 4.96. The maximum absolute atomic E-state index is 12.4. The largest absolute Gasteiger partial charge is 0.321 e. The summed E-state index contributed by atoms with van der Waals surface area (Å²) in [5.74, 6) is 1.55. The number of nitrogens with zero attached hydrogens (tertiary/aromatic N) is 3. The van der Waals surface area contributed by atoms with E-state index in [4.69, 9.17) is 5.73 Å². The number of aromatic nitrogens is 3. The molecule has 3 N–H and O–H groups in total. The predicted molar refractivity (Wildman–Crippen MR) is 80.0 cm³/mol. The Morgan fingerprint density at radius 3 is 2.81 bits per heavy atom. The summed E-state index contributed by atoms with van der Waals surface area (Å²) < 4.78 is 1.83. The first-order valence-corrected chi connectivity index (χ1v) is 7.06. The highest BCUT2D eigenvalue weighted by atomic mass is 16.2. The number of carbonyl (C=O) groups is 1. The molecule has 3 rings (SSSR count). The Bertz CT molecular complexity index is 672. The van der Waals surface area contributed by atoms with E-state index >= 15 is 0 Å². The van der Waals surface area contributed by atoms with E-state index in [-0.39, 0.29) is 11.8 Å². The van der Waals surface area contributed by atoms with Crippen LogP contribution in [0.1, 0.15) is 25.6 Å². The number of hydrogen-bond donors (Lipinski definition) is 2. The van der Waals surface area contributed by atoms with Gasteiger partial charge in [0, 0.05) is 18.6 Å². The van der Waals surface area contributed by atoms with Gasteiger partial charge in [-0.05, 0) is 44.7 Å². The van der Waals surface area contributed by atoms with Crippen LogP contribution in [0.25, 0.3) is 5.82 Å². The van der Waals surface area contributed by atoms with E-state index in [0.717, 1.165) is 18.7 Å². The zero-order chi connectivity index (χ0) is 15.0. The van der Waals surface area contributed by atoms with Crippen LogP contribution in [0.2, 0.25) is 0 Å².